The number of para-hydroxylation sites is 1. The van der Waals surface area contributed by atoms with Crippen LogP contribution in [0.4, 0.5) is 0 Å². The van der Waals surface area contributed by atoms with Crippen molar-refractivity contribution in [2.45, 2.75) is 20.0 Å². The molecule has 2 N–H and O–H groups in total. The van der Waals surface area contributed by atoms with Crippen molar-refractivity contribution in [3.05, 3.63) is 68.9 Å². The van der Waals surface area contributed by atoms with Gasteiger partial charge in [0, 0.05) is 0 Å². The van der Waals surface area contributed by atoms with Gasteiger partial charge in [0.25, 0.3) is 5.56 Å². The lowest BCUT2D eigenvalue weighted by molar-refractivity contribution is -0.144. The van der Waals surface area contributed by atoms with E-state index in [1.165, 1.54) is 13.1 Å². The summed E-state index contributed by atoms with van der Waals surface area (Å²) in [5, 5.41) is 13.3. The number of H-pyrrole nitrogens is 1. The van der Waals surface area contributed by atoms with Crippen LogP contribution in [0.3, 0.4) is 0 Å². The second kappa shape index (κ2) is 8.42. The number of aliphatic carboxylic acids is 1. The minimum absolute atomic E-state index is 0.264. The predicted octanol–water partition coefficient (Wildman–Crippen LogP) is 1.82. The SMILES string of the molecule is CCOc1cc(C=Nn2c(=O)[nH]c3ccccc3c2=O)ccc1O[C@@H](C)C(=O)O. The van der Waals surface area contributed by atoms with Crippen LogP contribution >= 0.6 is 0 Å². The van der Waals surface area contributed by atoms with E-state index in [2.05, 4.69) is 10.1 Å². The van der Waals surface area contributed by atoms with Crippen LogP contribution in [0.2, 0.25) is 0 Å². The predicted molar refractivity (Wildman–Crippen MR) is 107 cm³/mol. The number of benzene rings is 2. The molecule has 0 saturated carbocycles. The lowest BCUT2D eigenvalue weighted by Gasteiger charge is -2.15. The number of aromatic nitrogens is 2. The first-order valence-corrected chi connectivity index (χ1v) is 8.85. The Morgan fingerprint density at radius 3 is 2.72 bits per heavy atom. The third-order valence-corrected chi connectivity index (χ3v) is 4.03. The van der Waals surface area contributed by atoms with Crippen LogP contribution in [0.25, 0.3) is 10.9 Å². The largest absolute Gasteiger partial charge is 0.490 e. The number of nitrogens with one attached hydrogen (secondary N) is 1. The number of fused-ring (bicyclic) bond motifs is 1. The zero-order chi connectivity index (χ0) is 21.0. The summed E-state index contributed by atoms with van der Waals surface area (Å²) in [5.74, 6) is -0.517. The Morgan fingerprint density at radius 1 is 1.24 bits per heavy atom. The summed E-state index contributed by atoms with van der Waals surface area (Å²) in [6.45, 7) is 3.52. The number of nitrogens with zero attached hydrogens (tertiary/aromatic N) is 2. The van der Waals surface area contributed by atoms with Gasteiger partial charge in [-0.2, -0.15) is 5.10 Å². The van der Waals surface area contributed by atoms with Crippen molar-refractivity contribution in [3.8, 4) is 11.5 Å². The van der Waals surface area contributed by atoms with E-state index in [1.54, 1.807) is 49.4 Å². The van der Waals surface area contributed by atoms with Gasteiger partial charge in [-0.25, -0.2) is 9.59 Å². The molecular weight excluding hydrogens is 378 g/mol. The monoisotopic (exact) mass is 397 g/mol. The number of carboxylic acid groups (broad SMARTS) is 1. The second-order valence-corrected chi connectivity index (χ2v) is 6.07. The molecule has 150 valence electrons. The maximum absolute atomic E-state index is 12.5. The number of carbonyl (C=O) groups is 1. The van der Waals surface area contributed by atoms with Crippen molar-refractivity contribution in [2.24, 2.45) is 5.10 Å². The highest BCUT2D eigenvalue weighted by molar-refractivity contribution is 5.81. The number of rotatable bonds is 7. The van der Waals surface area contributed by atoms with Crippen LogP contribution in [0.15, 0.2) is 57.2 Å². The molecule has 0 aliphatic rings. The van der Waals surface area contributed by atoms with Gasteiger partial charge in [0.15, 0.2) is 17.6 Å². The second-order valence-electron chi connectivity index (χ2n) is 6.07. The highest BCUT2D eigenvalue weighted by Gasteiger charge is 2.16. The van der Waals surface area contributed by atoms with Crippen molar-refractivity contribution in [2.75, 3.05) is 6.61 Å². The third kappa shape index (κ3) is 4.34. The maximum atomic E-state index is 12.5. The molecule has 1 heterocycles. The third-order valence-electron chi connectivity index (χ3n) is 4.03. The van der Waals surface area contributed by atoms with Gasteiger partial charge in [0.05, 0.1) is 23.7 Å². The summed E-state index contributed by atoms with van der Waals surface area (Å²) in [6.07, 6.45) is 0.279. The Morgan fingerprint density at radius 2 is 2.00 bits per heavy atom. The molecule has 0 saturated heterocycles. The average molecular weight is 397 g/mol. The molecule has 3 aromatic rings. The molecule has 0 radical (unpaired) electrons. The molecule has 1 aromatic heterocycles. The summed E-state index contributed by atoms with van der Waals surface area (Å²) >= 11 is 0. The van der Waals surface area contributed by atoms with E-state index in [9.17, 15) is 14.4 Å². The summed E-state index contributed by atoms with van der Waals surface area (Å²) < 4.78 is 11.6. The first kappa shape index (κ1) is 19.9. The summed E-state index contributed by atoms with van der Waals surface area (Å²) in [4.78, 5) is 38.3. The molecule has 29 heavy (non-hydrogen) atoms. The van der Waals surface area contributed by atoms with Crippen molar-refractivity contribution in [3.63, 3.8) is 0 Å². The maximum Gasteiger partial charge on any atom is 0.349 e. The lowest BCUT2D eigenvalue weighted by atomic mass is 10.2. The van der Waals surface area contributed by atoms with Gasteiger partial charge in [-0.3, -0.25) is 4.79 Å². The van der Waals surface area contributed by atoms with Gasteiger partial charge >= 0.3 is 11.7 Å². The Kier molecular flexibility index (Phi) is 5.77. The van der Waals surface area contributed by atoms with E-state index < -0.39 is 23.3 Å². The molecule has 2 aromatic carbocycles. The molecule has 3 rings (SSSR count). The van der Waals surface area contributed by atoms with E-state index >= 15 is 0 Å². The van der Waals surface area contributed by atoms with E-state index in [0.717, 1.165) is 4.68 Å². The molecule has 0 aliphatic heterocycles. The smallest absolute Gasteiger partial charge is 0.349 e. The normalized spacial score (nSPS) is 12.2. The number of hydrogen-bond donors (Lipinski definition) is 2. The minimum Gasteiger partial charge on any atom is -0.490 e. The van der Waals surface area contributed by atoms with Crippen molar-refractivity contribution < 1.29 is 19.4 Å². The summed E-state index contributed by atoms with van der Waals surface area (Å²) in [5.41, 5.74) is -0.240. The van der Waals surface area contributed by atoms with Crippen LogP contribution in [-0.4, -0.2) is 39.7 Å². The molecule has 0 aliphatic carbocycles. The molecule has 0 spiro atoms. The lowest BCUT2D eigenvalue weighted by Crippen LogP contribution is -2.32. The molecular formula is C20H19N3O6. The Labute approximate surface area is 164 Å². The highest BCUT2D eigenvalue weighted by atomic mass is 16.5. The number of hydrogen-bond acceptors (Lipinski definition) is 6. The number of carboxylic acids is 1. The Balaban J connectivity index is 1.96. The standard InChI is InChI=1S/C20H19N3O6/c1-3-28-17-10-13(8-9-16(17)29-12(2)19(25)26)11-21-23-18(24)14-6-4-5-7-15(14)22-20(23)27/h4-12H,3H2,1-2H3,(H,22,27)(H,25,26)/t12-/m0/s1. The molecule has 0 bridgehead atoms. The van der Waals surface area contributed by atoms with Crippen LogP contribution in [0.5, 0.6) is 11.5 Å². The quantitative estimate of drug-likeness (QED) is 0.586. The van der Waals surface area contributed by atoms with E-state index in [1.807, 2.05) is 0 Å². The first-order chi connectivity index (χ1) is 13.9. The van der Waals surface area contributed by atoms with E-state index in [0.29, 0.717) is 28.8 Å². The highest BCUT2D eigenvalue weighted by Crippen LogP contribution is 2.29. The molecule has 0 unspecified atom stereocenters. The van der Waals surface area contributed by atoms with Gasteiger partial charge < -0.3 is 19.6 Å². The van der Waals surface area contributed by atoms with Crippen molar-refractivity contribution in [1.29, 1.82) is 0 Å². The average Bonchev–Trinajstić information content (AvgIpc) is 2.69. The fraction of sp³-hybridized carbons (Fsp3) is 0.200. The zero-order valence-corrected chi connectivity index (χ0v) is 15.8. The molecule has 9 nitrogen and oxygen atoms in total. The first-order valence-electron chi connectivity index (χ1n) is 8.85. The van der Waals surface area contributed by atoms with Crippen molar-refractivity contribution >= 4 is 23.1 Å². The van der Waals surface area contributed by atoms with Crippen LogP contribution in [-0.2, 0) is 4.79 Å². The summed E-state index contributed by atoms with van der Waals surface area (Å²) in [6, 6.07) is 11.4. The van der Waals surface area contributed by atoms with Crippen LogP contribution in [0.1, 0.15) is 19.4 Å². The van der Waals surface area contributed by atoms with Gasteiger partial charge in [-0.1, -0.05) is 12.1 Å². The molecule has 9 heteroatoms. The number of ether oxygens (including phenoxy) is 2. The van der Waals surface area contributed by atoms with Crippen LogP contribution in [0, 0.1) is 0 Å². The van der Waals surface area contributed by atoms with Crippen LogP contribution < -0.4 is 20.7 Å². The number of aromatic amines is 1. The Bertz CT molecular complexity index is 1190. The van der Waals surface area contributed by atoms with Gasteiger partial charge in [-0.15, -0.1) is 4.68 Å². The van der Waals surface area contributed by atoms with Gasteiger partial charge in [-0.05, 0) is 49.7 Å². The van der Waals surface area contributed by atoms with E-state index in [-0.39, 0.29) is 5.75 Å². The Hall–Kier alpha value is -3.88. The fourth-order valence-corrected chi connectivity index (χ4v) is 2.59. The fourth-order valence-electron chi connectivity index (χ4n) is 2.59. The zero-order valence-electron chi connectivity index (χ0n) is 15.8. The summed E-state index contributed by atoms with van der Waals surface area (Å²) in [7, 11) is 0. The van der Waals surface area contributed by atoms with E-state index in [4.69, 9.17) is 14.6 Å². The molecule has 0 amide bonds. The topological polar surface area (TPSA) is 123 Å². The van der Waals surface area contributed by atoms with Gasteiger partial charge in [0.1, 0.15) is 0 Å². The molecule has 0 fully saturated rings. The van der Waals surface area contributed by atoms with Gasteiger partial charge in [0.2, 0.25) is 0 Å². The molecule has 1 atom stereocenters. The minimum atomic E-state index is -1.10. The van der Waals surface area contributed by atoms with Crippen molar-refractivity contribution in [1.82, 2.24) is 9.66 Å².